The number of rotatable bonds is 6. The predicted molar refractivity (Wildman–Crippen MR) is 76.5 cm³/mol. The highest BCUT2D eigenvalue weighted by atomic mass is 35.5. The second-order valence-corrected chi connectivity index (χ2v) is 5.32. The lowest BCUT2D eigenvalue weighted by Gasteiger charge is -2.11. The Morgan fingerprint density at radius 1 is 1.42 bits per heavy atom. The third kappa shape index (κ3) is 4.22. The summed E-state index contributed by atoms with van der Waals surface area (Å²) >= 11 is 5.99. The highest BCUT2D eigenvalue weighted by Crippen LogP contribution is 2.25. The van der Waals surface area contributed by atoms with Crippen LogP contribution >= 0.6 is 11.6 Å². The number of carbonyl (C=O) groups excluding carboxylic acids is 1. The summed E-state index contributed by atoms with van der Waals surface area (Å²) in [6.07, 6.45) is 3.39. The van der Waals surface area contributed by atoms with Crippen LogP contribution in [-0.2, 0) is 22.4 Å². The summed E-state index contributed by atoms with van der Waals surface area (Å²) < 4.78 is 4.90. The van der Waals surface area contributed by atoms with Gasteiger partial charge in [-0.2, -0.15) is 0 Å². The number of hydrogen-bond acceptors (Lipinski definition) is 3. The Labute approximate surface area is 119 Å². The Morgan fingerprint density at radius 3 is 3.00 bits per heavy atom. The third-order valence-corrected chi connectivity index (χ3v) is 3.63. The molecule has 1 atom stereocenters. The summed E-state index contributed by atoms with van der Waals surface area (Å²) in [6.45, 7) is 3.15. The molecule has 0 fully saturated rings. The lowest BCUT2D eigenvalue weighted by atomic mass is 10.1. The Bertz CT molecular complexity index is 448. The maximum absolute atomic E-state index is 11.2. The van der Waals surface area contributed by atoms with E-state index >= 15 is 0 Å². The average molecular weight is 282 g/mol. The van der Waals surface area contributed by atoms with Crippen LogP contribution in [0.3, 0.4) is 0 Å². The Balaban J connectivity index is 1.68. The molecule has 1 unspecified atom stereocenters. The second kappa shape index (κ2) is 6.92. The minimum absolute atomic E-state index is 0.106. The SMILES string of the molecule is CCOC(=O)CCCNC1Cc2ccc(Cl)cc2C1. The van der Waals surface area contributed by atoms with E-state index in [1.54, 1.807) is 0 Å². The zero-order valence-electron chi connectivity index (χ0n) is 11.2. The maximum atomic E-state index is 11.2. The molecule has 1 aliphatic carbocycles. The molecule has 1 aliphatic rings. The van der Waals surface area contributed by atoms with E-state index in [2.05, 4.69) is 17.4 Å². The van der Waals surface area contributed by atoms with Gasteiger partial charge >= 0.3 is 5.97 Å². The molecule has 0 saturated heterocycles. The van der Waals surface area contributed by atoms with Gasteiger partial charge in [-0.1, -0.05) is 17.7 Å². The van der Waals surface area contributed by atoms with Crippen LogP contribution in [0.2, 0.25) is 5.02 Å². The van der Waals surface area contributed by atoms with E-state index in [1.165, 1.54) is 11.1 Å². The van der Waals surface area contributed by atoms with Gasteiger partial charge in [-0.3, -0.25) is 4.79 Å². The van der Waals surface area contributed by atoms with Gasteiger partial charge < -0.3 is 10.1 Å². The molecule has 1 aromatic carbocycles. The van der Waals surface area contributed by atoms with Crippen LogP contribution in [-0.4, -0.2) is 25.2 Å². The van der Waals surface area contributed by atoms with Gasteiger partial charge in [-0.25, -0.2) is 0 Å². The van der Waals surface area contributed by atoms with Crippen molar-refractivity contribution in [2.45, 2.75) is 38.6 Å². The quantitative estimate of drug-likeness (QED) is 0.644. The number of esters is 1. The first kappa shape index (κ1) is 14.4. The van der Waals surface area contributed by atoms with E-state index in [9.17, 15) is 4.79 Å². The molecule has 19 heavy (non-hydrogen) atoms. The van der Waals surface area contributed by atoms with Gasteiger partial charge in [-0.05, 0) is 56.0 Å². The van der Waals surface area contributed by atoms with E-state index in [0.717, 1.165) is 30.8 Å². The Kier molecular flexibility index (Phi) is 5.23. The molecule has 0 radical (unpaired) electrons. The van der Waals surface area contributed by atoms with Crippen LogP contribution in [0, 0.1) is 0 Å². The molecule has 0 heterocycles. The van der Waals surface area contributed by atoms with Gasteiger partial charge in [0.1, 0.15) is 0 Å². The highest BCUT2D eigenvalue weighted by Gasteiger charge is 2.20. The minimum Gasteiger partial charge on any atom is -0.466 e. The highest BCUT2D eigenvalue weighted by molar-refractivity contribution is 6.30. The van der Waals surface area contributed by atoms with Gasteiger partial charge in [0.15, 0.2) is 0 Å². The number of hydrogen-bond donors (Lipinski definition) is 1. The van der Waals surface area contributed by atoms with Crippen LogP contribution in [0.25, 0.3) is 0 Å². The first-order valence-corrected chi connectivity index (χ1v) is 7.23. The molecule has 104 valence electrons. The third-order valence-electron chi connectivity index (χ3n) is 3.40. The molecule has 2 rings (SSSR count). The van der Waals surface area contributed by atoms with Crippen molar-refractivity contribution in [1.29, 1.82) is 0 Å². The summed E-state index contributed by atoms with van der Waals surface area (Å²) in [4.78, 5) is 11.2. The molecule has 0 aromatic heterocycles. The molecule has 0 aliphatic heterocycles. The number of fused-ring (bicyclic) bond motifs is 1. The van der Waals surface area contributed by atoms with Crippen LogP contribution in [0.1, 0.15) is 30.9 Å². The first-order chi connectivity index (χ1) is 9.19. The maximum Gasteiger partial charge on any atom is 0.305 e. The molecule has 0 amide bonds. The van der Waals surface area contributed by atoms with Gasteiger partial charge in [0.2, 0.25) is 0 Å². The fourth-order valence-corrected chi connectivity index (χ4v) is 2.70. The topological polar surface area (TPSA) is 38.3 Å². The predicted octanol–water partition coefficient (Wildman–Crippen LogP) is 2.74. The summed E-state index contributed by atoms with van der Waals surface area (Å²) in [5.74, 6) is -0.106. The van der Waals surface area contributed by atoms with Crippen molar-refractivity contribution in [3.8, 4) is 0 Å². The van der Waals surface area contributed by atoms with Gasteiger partial charge in [0, 0.05) is 17.5 Å². The monoisotopic (exact) mass is 281 g/mol. The molecule has 3 nitrogen and oxygen atoms in total. The normalized spacial score (nSPS) is 17.3. The van der Waals surface area contributed by atoms with Crippen LogP contribution in [0.5, 0.6) is 0 Å². The molecule has 0 bridgehead atoms. The molecule has 4 heteroatoms. The van der Waals surface area contributed by atoms with E-state index < -0.39 is 0 Å². The lowest BCUT2D eigenvalue weighted by Crippen LogP contribution is -2.30. The summed E-state index contributed by atoms with van der Waals surface area (Å²) in [6, 6.07) is 6.58. The van der Waals surface area contributed by atoms with Gasteiger partial charge in [-0.15, -0.1) is 0 Å². The van der Waals surface area contributed by atoms with Crippen molar-refractivity contribution in [1.82, 2.24) is 5.32 Å². The van der Waals surface area contributed by atoms with E-state index in [0.29, 0.717) is 19.1 Å². The molecule has 0 saturated carbocycles. The second-order valence-electron chi connectivity index (χ2n) is 4.88. The van der Waals surface area contributed by atoms with Crippen molar-refractivity contribution >= 4 is 17.6 Å². The molecular weight excluding hydrogens is 262 g/mol. The Hall–Kier alpha value is -1.06. The van der Waals surface area contributed by atoms with Crippen LogP contribution in [0.15, 0.2) is 18.2 Å². The zero-order chi connectivity index (χ0) is 13.7. The minimum atomic E-state index is -0.106. The van der Waals surface area contributed by atoms with Crippen molar-refractivity contribution in [3.63, 3.8) is 0 Å². The number of carbonyl (C=O) groups is 1. The molecular formula is C15H20ClNO2. The summed E-state index contributed by atoms with van der Waals surface area (Å²) in [7, 11) is 0. The number of benzene rings is 1. The molecule has 1 aromatic rings. The van der Waals surface area contributed by atoms with E-state index in [1.807, 2.05) is 13.0 Å². The number of halogens is 1. The Morgan fingerprint density at radius 2 is 2.21 bits per heavy atom. The standard InChI is InChI=1S/C15H20ClNO2/c1-2-19-15(18)4-3-7-17-14-9-11-5-6-13(16)8-12(11)10-14/h5-6,8,14,17H,2-4,7,9-10H2,1H3. The smallest absolute Gasteiger partial charge is 0.305 e. The number of nitrogens with one attached hydrogen (secondary N) is 1. The average Bonchev–Trinajstić information content (AvgIpc) is 2.77. The zero-order valence-corrected chi connectivity index (χ0v) is 12.0. The fourth-order valence-electron chi connectivity index (χ4n) is 2.50. The van der Waals surface area contributed by atoms with Crippen molar-refractivity contribution < 1.29 is 9.53 Å². The van der Waals surface area contributed by atoms with Crippen molar-refractivity contribution in [2.24, 2.45) is 0 Å². The molecule has 1 N–H and O–H groups in total. The van der Waals surface area contributed by atoms with E-state index in [4.69, 9.17) is 16.3 Å². The van der Waals surface area contributed by atoms with Gasteiger partial charge in [0.05, 0.1) is 6.61 Å². The molecule has 0 spiro atoms. The van der Waals surface area contributed by atoms with Crippen LogP contribution in [0.4, 0.5) is 0 Å². The largest absolute Gasteiger partial charge is 0.466 e. The fraction of sp³-hybridized carbons (Fsp3) is 0.533. The summed E-state index contributed by atoms with van der Waals surface area (Å²) in [5, 5.41) is 4.30. The lowest BCUT2D eigenvalue weighted by molar-refractivity contribution is -0.143. The van der Waals surface area contributed by atoms with Crippen molar-refractivity contribution in [2.75, 3.05) is 13.2 Å². The van der Waals surface area contributed by atoms with E-state index in [-0.39, 0.29) is 5.97 Å². The van der Waals surface area contributed by atoms with Gasteiger partial charge in [0.25, 0.3) is 0 Å². The number of ether oxygens (including phenoxy) is 1. The van der Waals surface area contributed by atoms with Crippen LogP contribution < -0.4 is 5.32 Å². The summed E-state index contributed by atoms with van der Waals surface area (Å²) in [5.41, 5.74) is 2.72. The first-order valence-electron chi connectivity index (χ1n) is 6.85. The van der Waals surface area contributed by atoms with Crippen molar-refractivity contribution in [3.05, 3.63) is 34.3 Å².